The number of benzene rings is 1. The molecule has 0 aliphatic heterocycles. The summed E-state index contributed by atoms with van der Waals surface area (Å²) >= 11 is 0. The number of nitrogens with two attached hydrogens (primary N) is 1. The Morgan fingerprint density at radius 3 is 2.82 bits per heavy atom. The third-order valence-corrected chi connectivity index (χ3v) is 4.70. The number of aromatic amines is 1. The van der Waals surface area contributed by atoms with Crippen molar-refractivity contribution in [3.8, 4) is 0 Å². The maximum atomic E-state index is 12.1. The number of carbonyl (C=O) groups excluding carboxylic acids is 1. The lowest BCUT2D eigenvalue weighted by molar-refractivity contribution is -0.123. The van der Waals surface area contributed by atoms with E-state index in [-0.39, 0.29) is 23.7 Å². The summed E-state index contributed by atoms with van der Waals surface area (Å²) in [6.07, 6.45) is 6.18. The first-order valence-corrected chi connectivity index (χ1v) is 7.66. The molecule has 1 heterocycles. The fraction of sp³-hybridized carbons (Fsp3) is 0.471. The smallest absolute Gasteiger partial charge is 0.237 e. The summed E-state index contributed by atoms with van der Waals surface area (Å²) in [6, 6.07) is 7.59. The first-order valence-electron chi connectivity index (χ1n) is 7.66. The lowest BCUT2D eigenvalue weighted by Gasteiger charge is -2.38. The number of halogens is 1. The second-order valence-electron chi connectivity index (χ2n) is 6.55. The Morgan fingerprint density at radius 2 is 2.14 bits per heavy atom. The number of H-pyrrole nitrogens is 1. The Hall–Kier alpha value is -1.52. The Bertz CT molecular complexity index is 648. The van der Waals surface area contributed by atoms with Gasteiger partial charge in [0.05, 0.1) is 6.04 Å². The van der Waals surface area contributed by atoms with Crippen molar-refractivity contribution in [1.82, 2.24) is 10.3 Å². The first-order chi connectivity index (χ1) is 10.1. The normalized spacial score (nSPS) is 17.4. The Balaban J connectivity index is 0.00000176. The van der Waals surface area contributed by atoms with Crippen LogP contribution in [-0.2, 0) is 11.2 Å². The van der Waals surface area contributed by atoms with Crippen molar-refractivity contribution in [3.63, 3.8) is 0 Å². The van der Waals surface area contributed by atoms with E-state index in [0.29, 0.717) is 6.42 Å². The highest BCUT2D eigenvalue weighted by Gasteiger charge is 2.32. The van der Waals surface area contributed by atoms with E-state index in [0.717, 1.165) is 23.0 Å². The molecule has 1 aromatic carbocycles. The molecular weight excluding hydrogens is 298 g/mol. The van der Waals surface area contributed by atoms with Gasteiger partial charge in [-0.05, 0) is 36.3 Å². The zero-order valence-electron chi connectivity index (χ0n) is 12.9. The maximum Gasteiger partial charge on any atom is 0.237 e. The highest BCUT2D eigenvalue weighted by Crippen LogP contribution is 2.39. The zero-order chi connectivity index (χ0) is 14.9. The predicted molar refractivity (Wildman–Crippen MR) is 92.2 cm³/mol. The topological polar surface area (TPSA) is 70.9 Å². The average molecular weight is 322 g/mol. The Morgan fingerprint density at radius 1 is 1.41 bits per heavy atom. The molecule has 1 aliphatic rings. The largest absolute Gasteiger partial charge is 0.361 e. The Labute approximate surface area is 137 Å². The molecule has 2 aromatic rings. The van der Waals surface area contributed by atoms with Crippen molar-refractivity contribution in [2.45, 2.75) is 38.6 Å². The summed E-state index contributed by atoms with van der Waals surface area (Å²) < 4.78 is 0. The predicted octanol–water partition coefficient (Wildman–Crippen LogP) is 2.77. The van der Waals surface area contributed by atoms with Crippen molar-refractivity contribution < 1.29 is 4.79 Å². The minimum absolute atomic E-state index is 0. The molecule has 1 aromatic heterocycles. The molecular formula is C17H24ClN3O. The van der Waals surface area contributed by atoms with Crippen LogP contribution in [0.4, 0.5) is 0 Å². The number of rotatable bonds is 5. The minimum atomic E-state index is -0.493. The first kappa shape index (κ1) is 16.8. The molecule has 1 amide bonds. The van der Waals surface area contributed by atoms with Crippen molar-refractivity contribution in [2.24, 2.45) is 11.1 Å². The number of para-hydroxylation sites is 1. The number of carbonyl (C=O) groups is 1. The van der Waals surface area contributed by atoms with E-state index in [2.05, 4.69) is 23.3 Å². The van der Waals surface area contributed by atoms with Gasteiger partial charge < -0.3 is 16.0 Å². The van der Waals surface area contributed by atoms with Gasteiger partial charge in [-0.2, -0.15) is 0 Å². The number of nitrogens with one attached hydrogen (secondary N) is 2. The van der Waals surface area contributed by atoms with Crippen molar-refractivity contribution >= 4 is 29.2 Å². The summed E-state index contributed by atoms with van der Waals surface area (Å²) in [6.45, 7) is 2.97. The van der Waals surface area contributed by atoms with Gasteiger partial charge >= 0.3 is 0 Å². The minimum Gasteiger partial charge on any atom is -0.361 e. The monoisotopic (exact) mass is 321 g/mol. The maximum absolute atomic E-state index is 12.1. The molecule has 5 heteroatoms. The van der Waals surface area contributed by atoms with Gasteiger partial charge in [0.1, 0.15) is 0 Å². The van der Waals surface area contributed by atoms with Gasteiger partial charge in [-0.25, -0.2) is 0 Å². The van der Waals surface area contributed by atoms with Gasteiger partial charge in [0, 0.05) is 23.6 Å². The van der Waals surface area contributed by atoms with E-state index in [4.69, 9.17) is 5.73 Å². The molecule has 0 saturated heterocycles. The van der Waals surface area contributed by atoms with Crippen LogP contribution in [0.2, 0.25) is 0 Å². The van der Waals surface area contributed by atoms with Crippen LogP contribution >= 0.6 is 12.4 Å². The molecule has 0 unspecified atom stereocenters. The molecule has 120 valence electrons. The van der Waals surface area contributed by atoms with Crippen LogP contribution in [0.25, 0.3) is 10.9 Å². The van der Waals surface area contributed by atoms with Crippen LogP contribution in [0.5, 0.6) is 0 Å². The molecule has 3 rings (SSSR count). The van der Waals surface area contributed by atoms with Crippen molar-refractivity contribution in [2.75, 3.05) is 6.54 Å². The van der Waals surface area contributed by atoms with Crippen molar-refractivity contribution in [1.29, 1.82) is 0 Å². The highest BCUT2D eigenvalue weighted by molar-refractivity contribution is 5.86. The average Bonchev–Trinajstić information content (AvgIpc) is 2.86. The molecule has 22 heavy (non-hydrogen) atoms. The summed E-state index contributed by atoms with van der Waals surface area (Å²) in [5.41, 5.74) is 8.54. The molecule has 1 fully saturated rings. The third kappa shape index (κ3) is 3.45. The quantitative estimate of drug-likeness (QED) is 0.792. The molecule has 0 spiro atoms. The van der Waals surface area contributed by atoms with Crippen molar-refractivity contribution in [3.05, 3.63) is 36.0 Å². The molecule has 0 bridgehead atoms. The van der Waals surface area contributed by atoms with Crippen LogP contribution in [0.1, 0.15) is 31.7 Å². The second-order valence-corrected chi connectivity index (χ2v) is 6.55. The van der Waals surface area contributed by atoms with Crippen LogP contribution < -0.4 is 11.1 Å². The molecule has 4 nitrogen and oxygen atoms in total. The van der Waals surface area contributed by atoms with Gasteiger partial charge in [-0.15, -0.1) is 12.4 Å². The van der Waals surface area contributed by atoms with Crippen LogP contribution in [-0.4, -0.2) is 23.5 Å². The van der Waals surface area contributed by atoms with E-state index < -0.39 is 6.04 Å². The molecule has 1 saturated carbocycles. The van der Waals surface area contributed by atoms with E-state index in [1.54, 1.807) is 0 Å². The highest BCUT2D eigenvalue weighted by atomic mass is 35.5. The summed E-state index contributed by atoms with van der Waals surface area (Å²) in [5, 5.41) is 4.16. The standard InChI is InChI=1S/C17H23N3O.ClH/c1-17(7-4-8-17)11-20-16(21)14(18)9-12-10-19-15-6-3-2-5-13(12)15;/h2-3,5-6,10,14,19H,4,7-9,11,18H2,1H3,(H,20,21);1H/t14-;/m0./s1. The SMILES string of the molecule is CC1(CNC(=O)[C@@H](N)Cc2c[nH]c3ccccc23)CCC1.Cl. The van der Waals surface area contributed by atoms with Gasteiger partial charge in [-0.3, -0.25) is 4.79 Å². The Kier molecular flexibility index (Phi) is 5.14. The number of hydrogen-bond acceptors (Lipinski definition) is 2. The lowest BCUT2D eigenvalue weighted by Crippen LogP contribution is -2.47. The second kappa shape index (κ2) is 6.71. The zero-order valence-corrected chi connectivity index (χ0v) is 13.7. The lowest BCUT2D eigenvalue weighted by atomic mass is 9.70. The van der Waals surface area contributed by atoms with Gasteiger partial charge in [0.25, 0.3) is 0 Å². The number of hydrogen-bond donors (Lipinski definition) is 3. The van der Waals surface area contributed by atoms with Gasteiger partial charge in [0.15, 0.2) is 0 Å². The van der Waals surface area contributed by atoms with Crippen LogP contribution in [0, 0.1) is 5.41 Å². The van der Waals surface area contributed by atoms with Crippen LogP contribution in [0.15, 0.2) is 30.5 Å². The summed E-state index contributed by atoms with van der Waals surface area (Å²) in [7, 11) is 0. The van der Waals surface area contributed by atoms with E-state index >= 15 is 0 Å². The molecule has 0 radical (unpaired) electrons. The number of fused-ring (bicyclic) bond motifs is 1. The number of aromatic nitrogens is 1. The van der Waals surface area contributed by atoms with E-state index in [9.17, 15) is 4.79 Å². The fourth-order valence-corrected chi connectivity index (χ4v) is 3.02. The molecule has 1 atom stereocenters. The van der Waals surface area contributed by atoms with Gasteiger partial charge in [-0.1, -0.05) is 31.5 Å². The summed E-state index contributed by atoms with van der Waals surface area (Å²) in [4.78, 5) is 15.4. The summed E-state index contributed by atoms with van der Waals surface area (Å²) in [5.74, 6) is -0.0478. The molecule has 4 N–H and O–H groups in total. The molecule has 1 aliphatic carbocycles. The van der Waals surface area contributed by atoms with Gasteiger partial charge in [0.2, 0.25) is 5.91 Å². The van der Waals surface area contributed by atoms with E-state index in [1.165, 1.54) is 19.3 Å². The van der Waals surface area contributed by atoms with Crippen LogP contribution in [0.3, 0.4) is 0 Å². The van der Waals surface area contributed by atoms with E-state index in [1.807, 2.05) is 24.4 Å². The number of amides is 1. The third-order valence-electron chi connectivity index (χ3n) is 4.70. The fourth-order valence-electron chi connectivity index (χ4n) is 3.02.